The highest BCUT2D eigenvalue weighted by molar-refractivity contribution is 5.27. The number of aryl methyl sites for hydroxylation is 1. The second kappa shape index (κ2) is 5.86. The van der Waals surface area contributed by atoms with Gasteiger partial charge >= 0.3 is 12.5 Å². The van der Waals surface area contributed by atoms with E-state index in [-0.39, 0.29) is 12.4 Å². The lowest BCUT2D eigenvalue weighted by Crippen LogP contribution is -2.33. The molecule has 2 nitrogen and oxygen atoms in total. The zero-order valence-electron chi connectivity index (χ0n) is 8.88. The van der Waals surface area contributed by atoms with Crippen molar-refractivity contribution in [3.05, 3.63) is 29.8 Å². The summed E-state index contributed by atoms with van der Waals surface area (Å²) in [7, 11) is 0. The molecule has 6 heteroatoms. The number of hydrogen-bond acceptors (Lipinski definition) is 2. The third kappa shape index (κ3) is 4.22. The molecule has 0 aromatic heterocycles. The van der Waals surface area contributed by atoms with Crippen LogP contribution in [0.5, 0.6) is 5.75 Å². The molecule has 0 spiro atoms. The largest absolute Gasteiger partial charge is 0.461 e. The summed E-state index contributed by atoms with van der Waals surface area (Å²) in [6, 6.07) is 5.38. The summed E-state index contributed by atoms with van der Waals surface area (Å²) in [6.07, 6.45) is -7.21. The van der Waals surface area contributed by atoms with Crippen LogP contribution in [-0.4, -0.2) is 24.2 Å². The number of hydrogen-bond donors (Lipinski definition) is 1. The Morgan fingerprint density at radius 2 is 1.76 bits per heavy atom. The van der Waals surface area contributed by atoms with Gasteiger partial charge in [0.25, 0.3) is 0 Å². The average molecular weight is 252 g/mol. The molecular weight excluding hydrogens is 240 g/mol. The minimum Gasteiger partial charge on any atom is -0.428 e. The summed E-state index contributed by atoms with van der Waals surface area (Å²) in [4.78, 5) is 0. The molecule has 0 bridgehead atoms. The predicted molar refractivity (Wildman–Crippen MR) is 53.4 cm³/mol. The highest BCUT2D eigenvalue weighted by Gasteiger charge is 2.43. The lowest BCUT2D eigenvalue weighted by Gasteiger charge is -2.16. The molecule has 0 heterocycles. The van der Waals surface area contributed by atoms with E-state index in [1.165, 1.54) is 24.3 Å². The standard InChI is InChI=1S/C11H12F4O2/c12-10(13)11(14,15)17-9-5-3-8(4-6-9)2-1-7-16/h3-6,10,16H,1-2,7H2. The van der Waals surface area contributed by atoms with Crippen molar-refractivity contribution in [3.8, 4) is 5.75 Å². The lowest BCUT2D eigenvalue weighted by atomic mass is 10.1. The SMILES string of the molecule is OCCCc1ccc(OC(F)(F)C(F)F)cc1. The van der Waals surface area contributed by atoms with Crippen LogP contribution < -0.4 is 4.74 Å². The van der Waals surface area contributed by atoms with E-state index in [9.17, 15) is 17.6 Å². The van der Waals surface area contributed by atoms with Crippen molar-refractivity contribution in [1.29, 1.82) is 0 Å². The molecule has 0 amide bonds. The quantitative estimate of drug-likeness (QED) is 0.789. The molecule has 17 heavy (non-hydrogen) atoms. The molecule has 0 saturated carbocycles. The van der Waals surface area contributed by atoms with Gasteiger partial charge in [0, 0.05) is 6.61 Å². The fourth-order valence-electron chi connectivity index (χ4n) is 1.21. The van der Waals surface area contributed by atoms with Gasteiger partial charge in [0.05, 0.1) is 0 Å². The van der Waals surface area contributed by atoms with E-state index >= 15 is 0 Å². The molecule has 0 saturated heterocycles. The van der Waals surface area contributed by atoms with Crippen molar-refractivity contribution in [2.75, 3.05) is 6.61 Å². The van der Waals surface area contributed by atoms with Crippen molar-refractivity contribution < 1.29 is 27.4 Å². The number of aliphatic hydroxyl groups excluding tert-OH is 1. The Kier molecular flexibility index (Phi) is 4.74. The van der Waals surface area contributed by atoms with Gasteiger partial charge in [0.15, 0.2) is 0 Å². The van der Waals surface area contributed by atoms with Gasteiger partial charge < -0.3 is 9.84 Å². The lowest BCUT2D eigenvalue weighted by molar-refractivity contribution is -0.253. The summed E-state index contributed by atoms with van der Waals surface area (Å²) in [5.41, 5.74) is 0.812. The number of rotatable bonds is 6. The highest BCUT2D eigenvalue weighted by Crippen LogP contribution is 2.27. The number of halogens is 4. The molecule has 1 aromatic rings. The average Bonchev–Trinajstić information content (AvgIpc) is 2.27. The Balaban J connectivity index is 2.62. The van der Waals surface area contributed by atoms with Gasteiger partial charge in [-0.1, -0.05) is 12.1 Å². The molecule has 0 unspecified atom stereocenters. The molecule has 1 N–H and O–H groups in total. The topological polar surface area (TPSA) is 29.5 Å². The first-order chi connectivity index (χ1) is 7.95. The van der Waals surface area contributed by atoms with E-state index in [0.717, 1.165) is 5.56 Å². The van der Waals surface area contributed by atoms with Crippen LogP contribution in [0.15, 0.2) is 24.3 Å². The maximum atomic E-state index is 12.5. The number of alkyl halides is 4. The first-order valence-electron chi connectivity index (χ1n) is 5.00. The van der Waals surface area contributed by atoms with Gasteiger partial charge in [-0.15, -0.1) is 0 Å². The monoisotopic (exact) mass is 252 g/mol. The van der Waals surface area contributed by atoms with Crippen LogP contribution in [0.3, 0.4) is 0 Å². The molecule has 0 fully saturated rings. The van der Waals surface area contributed by atoms with Crippen LogP contribution in [0.4, 0.5) is 17.6 Å². The Hall–Kier alpha value is -1.30. The van der Waals surface area contributed by atoms with Gasteiger partial charge in [0.1, 0.15) is 5.75 Å². The van der Waals surface area contributed by atoms with E-state index in [1.54, 1.807) is 0 Å². The van der Waals surface area contributed by atoms with Crippen molar-refractivity contribution >= 4 is 0 Å². The molecule has 96 valence electrons. The highest BCUT2D eigenvalue weighted by atomic mass is 19.3. The molecular formula is C11H12F4O2. The van der Waals surface area contributed by atoms with Crippen LogP contribution in [-0.2, 0) is 6.42 Å². The number of aliphatic hydroxyl groups is 1. The first kappa shape index (κ1) is 13.8. The Morgan fingerprint density at radius 3 is 2.24 bits per heavy atom. The van der Waals surface area contributed by atoms with Crippen LogP contribution in [0.25, 0.3) is 0 Å². The summed E-state index contributed by atoms with van der Waals surface area (Å²) < 4.78 is 52.6. The van der Waals surface area contributed by atoms with Gasteiger partial charge in [-0.25, -0.2) is 0 Å². The maximum Gasteiger partial charge on any atom is 0.461 e. The third-order valence-corrected chi connectivity index (χ3v) is 2.05. The van der Waals surface area contributed by atoms with Gasteiger partial charge in [0.2, 0.25) is 0 Å². The zero-order chi connectivity index (χ0) is 12.9. The zero-order valence-corrected chi connectivity index (χ0v) is 8.88. The van der Waals surface area contributed by atoms with Crippen molar-refractivity contribution in [2.45, 2.75) is 25.4 Å². The van der Waals surface area contributed by atoms with E-state index in [2.05, 4.69) is 4.74 Å². The van der Waals surface area contributed by atoms with Crippen LogP contribution >= 0.6 is 0 Å². The molecule has 1 aromatic carbocycles. The summed E-state index contributed by atoms with van der Waals surface area (Å²) in [6.45, 7) is 0.0295. The molecule has 0 aliphatic carbocycles. The second-order valence-electron chi connectivity index (χ2n) is 3.44. The van der Waals surface area contributed by atoms with E-state index < -0.39 is 12.5 Å². The van der Waals surface area contributed by atoms with Gasteiger partial charge in [-0.05, 0) is 30.5 Å². The Bertz CT molecular complexity index is 338. The molecule has 0 radical (unpaired) electrons. The molecule has 0 aliphatic heterocycles. The minimum absolute atomic E-state index is 0.0295. The van der Waals surface area contributed by atoms with Crippen LogP contribution in [0.2, 0.25) is 0 Å². The Labute approximate surface area is 95.8 Å². The van der Waals surface area contributed by atoms with Crippen molar-refractivity contribution in [1.82, 2.24) is 0 Å². The summed E-state index contributed by atoms with van der Waals surface area (Å²) in [5.74, 6) is -0.317. The van der Waals surface area contributed by atoms with Crippen LogP contribution in [0.1, 0.15) is 12.0 Å². The smallest absolute Gasteiger partial charge is 0.428 e. The number of ether oxygens (including phenoxy) is 1. The molecule has 0 atom stereocenters. The molecule has 1 rings (SSSR count). The summed E-state index contributed by atoms with van der Waals surface area (Å²) in [5, 5.41) is 8.59. The van der Waals surface area contributed by atoms with Gasteiger partial charge in [-0.2, -0.15) is 17.6 Å². The van der Waals surface area contributed by atoms with E-state index in [0.29, 0.717) is 12.8 Å². The fourth-order valence-corrected chi connectivity index (χ4v) is 1.21. The van der Waals surface area contributed by atoms with E-state index in [4.69, 9.17) is 5.11 Å². The summed E-state index contributed by atoms with van der Waals surface area (Å²) >= 11 is 0. The Morgan fingerprint density at radius 1 is 1.18 bits per heavy atom. The van der Waals surface area contributed by atoms with E-state index in [1.807, 2.05) is 0 Å². The number of benzene rings is 1. The van der Waals surface area contributed by atoms with Gasteiger partial charge in [-0.3, -0.25) is 0 Å². The van der Waals surface area contributed by atoms with Crippen molar-refractivity contribution in [3.63, 3.8) is 0 Å². The second-order valence-corrected chi connectivity index (χ2v) is 3.44. The minimum atomic E-state index is -4.48. The predicted octanol–water partition coefficient (Wildman–Crippen LogP) is 2.85. The normalized spacial score (nSPS) is 11.9. The maximum absolute atomic E-state index is 12.5. The van der Waals surface area contributed by atoms with Crippen LogP contribution in [0, 0.1) is 0 Å². The molecule has 0 aliphatic rings. The van der Waals surface area contributed by atoms with Crippen molar-refractivity contribution in [2.24, 2.45) is 0 Å². The fraction of sp³-hybridized carbons (Fsp3) is 0.455. The first-order valence-corrected chi connectivity index (χ1v) is 5.00. The third-order valence-electron chi connectivity index (χ3n) is 2.05.